The second-order valence-corrected chi connectivity index (χ2v) is 7.16. The van der Waals surface area contributed by atoms with Gasteiger partial charge in [-0.15, -0.1) is 0 Å². The smallest absolute Gasteiger partial charge is 0.231 e. The van der Waals surface area contributed by atoms with Gasteiger partial charge in [0.15, 0.2) is 5.11 Å². The van der Waals surface area contributed by atoms with Crippen LogP contribution in [0.1, 0.15) is 22.4 Å². The SMILES string of the molecule is Cc1cc(N2Cc3ccccc3C2)nc(NC(=S)NCc2ccc(F)cc2)n1. The van der Waals surface area contributed by atoms with Crippen molar-refractivity contribution in [3.8, 4) is 0 Å². The molecule has 2 heterocycles. The van der Waals surface area contributed by atoms with Crippen molar-refractivity contribution in [1.29, 1.82) is 0 Å². The highest BCUT2D eigenvalue weighted by Crippen LogP contribution is 2.27. The summed E-state index contributed by atoms with van der Waals surface area (Å²) in [5, 5.41) is 6.56. The van der Waals surface area contributed by atoms with Crippen molar-refractivity contribution in [2.45, 2.75) is 26.6 Å². The van der Waals surface area contributed by atoms with E-state index in [4.69, 9.17) is 12.2 Å². The van der Waals surface area contributed by atoms with E-state index in [0.29, 0.717) is 17.6 Å². The van der Waals surface area contributed by atoms with Gasteiger partial charge in [0.05, 0.1) is 0 Å². The van der Waals surface area contributed by atoms with E-state index in [1.165, 1.54) is 23.3 Å². The highest BCUT2D eigenvalue weighted by atomic mass is 32.1. The first-order valence-corrected chi connectivity index (χ1v) is 9.44. The quantitative estimate of drug-likeness (QED) is 0.655. The summed E-state index contributed by atoms with van der Waals surface area (Å²) in [6.07, 6.45) is 0. The van der Waals surface area contributed by atoms with E-state index in [1.54, 1.807) is 12.1 Å². The summed E-state index contributed by atoms with van der Waals surface area (Å²) in [6, 6.07) is 16.7. The van der Waals surface area contributed by atoms with Gasteiger partial charge in [-0.05, 0) is 48.0 Å². The molecular formula is C21H20FN5S. The number of aromatic nitrogens is 2. The summed E-state index contributed by atoms with van der Waals surface area (Å²) in [5.41, 5.74) is 4.45. The highest BCUT2D eigenvalue weighted by molar-refractivity contribution is 7.80. The first kappa shape index (κ1) is 18.3. The number of thiocarbonyl (C=S) groups is 1. The number of anilines is 2. The number of fused-ring (bicyclic) bond motifs is 1. The second kappa shape index (κ2) is 7.90. The number of hydrogen-bond donors (Lipinski definition) is 2. The fourth-order valence-electron chi connectivity index (χ4n) is 3.20. The van der Waals surface area contributed by atoms with E-state index >= 15 is 0 Å². The van der Waals surface area contributed by atoms with Crippen LogP contribution in [0.4, 0.5) is 16.2 Å². The predicted molar refractivity (Wildman–Crippen MR) is 113 cm³/mol. The van der Waals surface area contributed by atoms with Gasteiger partial charge in [0, 0.05) is 31.4 Å². The van der Waals surface area contributed by atoms with Gasteiger partial charge in [0.1, 0.15) is 11.6 Å². The molecule has 0 spiro atoms. The summed E-state index contributed by atoms with van der Waals surface area (Å²) < 4.78 is 13.0. The van der Waals surface area contributed by atoms with Crippen LogP contribution in [0, 0.1) is 12.7 Å². The van der Waals surface area contributed by atoms with Gasteiger partial charge < -0.3 is 15.5 Å². The van der Waals surface area contributed by atoms with Crippen molar-refractivity contribution < 1.29 is 4.39 Å². The third kappa shape index (κ3) is 4.26. The molecule has 1 aliphatic heterocycles. The Bertz CT molecular complexity index is 981. The maximum atomic E-state index is 13.0. The van der Waals surface area contributed by atoms with Gasteiger partial charge in [0.25, 0.3) is 0 Å². The van der Waals surface area contributed by atoms with E-state index in [9.17, 15) is 4.39 Å². The zero-order valence-corrected chi connectivity index (χ0v) is 16.3. The van der Waals surface area contributed by atoms with E-state index < -0.39 is 0 Å². The van der Waals surface area contributed by atoms with Crippen molar-refractivity contribution >= 4 is 29.1 Å². The fourth-order valence-corrected chi connectivity index (χ4v) is 3.36. The first-order valence-electron chi connectivity index (χ1n) is 9.03. The molecule has 0 bridgehead atoms. The van der Waals surface area contributed by atoms with Gasteiger partial charge >= 0.3 is 0 Å². The molecular weight excluding hydrogens is 373 g/mol. The molecule has 0 atom stereocenters. The number of aryl methyl sites for hydroxylation is 1. The molecule has 4 rings (SSSR count). The van der Waals surface area contributed by atoms with Crippen LogP contribution in [0.15, 0.2) is 54.6 Å². The molecule has 0 fully saturated rings. The number of rotatable bonds is 4. The maximum absolute atomic E-state index is 13.0. The van der Waals surface area contributed by atoms with Crippen LogP contribution >= 0.6 is 12.2 Å². The zero-order chi connectivity index (χ0) is 19.5. The van der Waals surface area contributed by atoms with E-state index in [-0.39, 0.29) is 5.82 Å². The molecule has 0 amide bonds. The van der Waals surface area contributed by atoms with Gasteiger partial charge in [-0.1, -0.05) is 36.4 Å². The average molecular weight is 393 g/mol. The highest BCUT2D eigenvalue weighted by Gasteiger charge is 2.20. The Hall–Kier alpha value is -3.06. The largest absolute Gasteiger partial charge is 0.358 e. The van der Waals surface area contributed by atoms with Crippen LogP contribution in [-0.4, -0.2) is 15.1 Å². The minimum absolute atomic E-state index is 0.255. The normalized spacial score (nSPS) is 12.6. The molecule has 1 aliphatic rings. The van der Waals surface area contributed by atoms with Crippen LogP contribution in [0.3, 0.4) is 0 Å². The van der Waals surface area contributed by atoms with E-state index in [0.717, 1.165) is 30.2 Å². The lowest BCUT2D eigenvalue weighted by Crippen LogP contribution is -2.29. The summed E-state index contributed by atoms with van der Waals surface area (Å²) >= 11 is 5.35. The summed E-state index contributed by atoms with van der Waals surface area (Å²) in [6.45, 7) is 4.10. The summed E-state index contributed by atoms with van der Waals surface area (Å²) in [7, 11) is 0. The fraction of sp³-hybridized carbons (Fsp3) is 0.190. The van der Waals surface area contributed by atoms with Gasteiger partial charge in [-0.25, -0.2) is 9.37 Å². The number of hydrogen-bond acceptors (Lipinski definition) is 4. The molecule has 0 unspecified atom stereocenters. The van der Waals surface area contributed by atoms with Crippen molar-refractivity contribution in [3.05, 3.63) is 82.8 Å². The summed E-state index contributed by atoms with van der Waals surface area (Å²) in [4.78, 5) is 11.3. The lowest BCUT2D eigenvalue weighted by Gasteiger charge is -2.18. The van der Waals surface area contributed by atoms with Crippen LogP contribution in [0.25, 0.3) is 0 Å². The molecule has 2 N–H and O–H groups in total. The molecule has 2 aromatic carbocycles. The number of nitrogens with zero attached hydrogens (tertiary/aromatic N) is 3. The molecule has 3 aromatic rings. The van der Waals surface area contributed by atoms with Crippen molar-refractivity contribution in [1.82, 2.24) is 15.3 Å². The third-order valence-corrected chi connectivity index (χ3v) is 4.84. The molecule has 0 saturated heterocycles. The van der Waals surface area contributed by atoms with Crippen LogP contribution < -0.4 is 15.5 Å². The number of benzene rings is 2. The lowest BCUT2D eigenvalue weighted by molar-refractivity contribution is 0.627. The Morgan fingerprint density at radius 1 is 1.07 bits per heavy atom. The molecule has 0 saturated carbocycles. The molecule has 142 valence electrons. The molecule has 1 aromatic heterocycles. The van der Waals surface area contributed by atoms with Crippen molar-refractivity contribution in [2.24, 2.45) is 0 Å². The van der Waals surface area contributed by atoms with Gasteiger partial charge in [0.2, 0.25) is 5.95 Å². The molecule has 0 aliphatic carbocycles. The Labute approximate surface area is 168 Å². The average Bonchev–Trinajstić information content (AvgIpc) is 3.11. The van der Waals surface area contributed by atoms with Crippen LogP contribution in [-0.2, 0) is 19.6 Å². The first-order chi connectivity index (χ1) is 13.6. The maximum Gasteiger partial charge on any atom is 0.231 e. The monoisotopic (exact) mass is 393 g/mol. The molecule has 28 heavy (non-hydrogen) atoms. The zero-order valence-electron chi connectivity index (χ0n) is 15.4. The van der Waals surface area contributed by atoms with E-state index in [2.05, 4.69) is 49.8 Å². The van der Waals surface area contributed by atoms with Crippen molar-refractivity contribution in [3.63, 3.8) is 0 Å². The minimum Gasteiger partial charge on any atom is -0.358 e. The van der Waals surface area contributed by atoms with E-state index in [1.807, 2.05) is 13.0 Å². The molecule has 0 radical (unpaired) electrons. The number of nitrogens with one attached hydrogen (secondary N) is 2. The molecule has 5 nitrogen and oxygen atoms in total. The predicted octanol–water partition coefficient (Wildman–Crippen LogP) is 3.93. The number of halogens is 1. The Balaban J connectivity index is 1.41. The Morgan fingerprint density at radius 2 is 1.75 bits per heavy atom. The van der Waals surface area contributed by atoms with Gasteiger partial charge in [-0.2, -0.15) is 4.98 Å². The summed E-state index contributed by atoms with van der Waals surface area (Å²) in [5.74, 6) is 1.07. The Morgan fingerprint density at radius 3 is 2.43 bits per heavy atom. The minimum atomic E-state index is -0.255. The molecule has 7 heteroatoms. The Kier molecular flexibility index (Phi) is 5.16. The van der Waals surface area contributed by atoms with Crippen LogP contribution in [0.5, 0.6) is 0 Å². The van der Waals surface area contributed by atoms with Crippen molar-refractivity contribution in [2.75, 3.05) is 10.2 Å². The topological polar surface area (TPSA) is 53.1 Å². The second-order valence-electron chi connectivity index (χ2n) is 6.75. The standard InChI is InChI=1S/C21H20FN5S/c1-14-10-19(27-12-16-4-2-3-5-17(16)13-27)25-20(24-14)26-21(28)23-11-15-6-8-18(22)9-7-15/h2-10H,11-13H2,1H3,(H2,23,24,25,26,28). The lowest BCUT2D eigenvalue weighted by atomic mass is 10.1. The third-order valence-electron chi connectivity index (χ3n) is 4.60. The van der Waals surface area contributed by atoms with Crippen LogP contribution in [0.2, 0.25) is 0 Å². The van der Waals surface area contributed by atoms with Gasteiger partial charge in [-0.3, -0.25) is 0 Å².